The van der Waals surface area contributed by atoms with Crippen molar-refractivity contribution >= 4 is 32.2 Å². The smallest absolute Gasteiger partial charge is 0.263 e. The minimum absolute atomic E-state index is 0.263. The molecule has 0 unspecified atom stereocenters. The first-order valence-corrected chi connectivity index (χ1v) is 8.73. The first-order valence-electron chi connectivity index (χ1n) is 6.36. The van der Waals surface area contributed by atoms with Crippen LogP contribution < -0.4 is 10.0 Å². The van der Waals surface area contributed by atoms with Crippen LogP contribution in [0, 0.1) is 6.92 Å². The largest absolute Gasteiger partial charge is 0.385 e. The van der Waals surface area contributed by atoms with Crippen LogP contribution in [0.2, 0.25) is 0 Å². The molecule has 0 fully saturated rings. The van der Waals surface area contributed by atoms with Gasteiger partial charge in [0, 0.05) is 17.6 Å². The van der Waals surface area contributed by atoms with Gasteiger partial charge in [-0.25, -0.2) is 13.4 Å². The van der Waals surface area contributed by atoms with E-state index in [0.717, 1.165) is 30.8 Å². The molecule has 2 N–H and O–H groups in total. The first kappa shape index (κ1) is 13.4. The second kappa shape index (κ2) is 5.06. The lowest BCUT2D eigenvalue weighted by Gasteiger charge is -2.18. The Morgan fingerprint density at radius 3 is 3.00 bits per heavy atom. The third-order valence-electron chi connectivity index (χ3n) is 3.17. The quantitative estimate of drug-likeness (QED) is 0.914. The van der Waals surface area contributed by atoms with Crippen LogP contribution in [0.5, 0.6) is 0 Å². The number of rotatable bonds is 3. The van der Waals surface area contributed by atoms with Crippen LogP contribution in [0.4, 0.5) is 10.8 Å². The van der Waals surface area contributed by atoms with Gasteiger partial charge in [-0.05, 0) is 37.5 Å². The number of sulfonamides is 1. The predicted molar refractivity (Wildman–Crippen MR) is 80.9 cm³/mol. The second-order valence-electron chi connectivity index (χ2n) is 4.75. The Morgan fingerprint density at radius 2 is 2.25 bits per heavy atom. The van der Waals surface area contributed by atoms with Gasteiger partial charge in [-0.3, -0.25) is 4.72 Å². The van der Waals surface area contributed by atoms with Gasteiger partial charge < -0.3 is 5.32 Å². The van der Waals surface area contributed by atoms with Gasteiger partial charge in [0.05, 0.1) is 10.6 Å². The number of aromatic nitrogens is 1. The minimum Gasteiger partial charge on any atom is -0.385 e. The molecule has 0 atom stereocenters. The van der Waals surface area contributed by atoms with Gasteiger partial charge in [0.2, 0.25) is 0 Å². The maximum Gasteiger partial charge on any atom is 0.263 e. The van der Waals surface area contributed by atoms with Gasteiger partial charge in [0.15, 0.2) is 5.13 Å². The van der Waals surface area contributed by atoms with Gasteiger partial charge in [-0.15, -0.1) is 11.3 Å². The summed E-state index contributed by atoms with van der Waals surface area (Å²) in [6.07, 6.45) is 2.07. The summed E-state index contributed by atoms with van der Waals surface area (Å²) in [5, 5.41) is 5.45. The molecule has 0 spiro atoms. The normalized spacial score (nSPS) is 14.4. The van der Waals surface area contributed by atoms with Crippen LogP contribution in [-0.2, 0) is 16.4 Å². The fraction of sp³-hybridized carbons (Fsp3) is 0.308. The van der Waals surface area contributed by atoms with E-state index in [9.17, 15) is 8.42 Å². The number of nitrogens with one attached hydrogen (secondary N) is 2. The minimum atomic E-state index is -3.58. The van der Waals surface area contributed by atoms with Gasteiger partial charge in [0.1, 0.15) is 0 Å². The highest BCUT2D eigenvalue weighted by molar-refractivity contribution is 7.93. The third-order valence-corrected chi connectivity index (χ3v) is 5.51. The van der Waals surface area contributed by atoms with Crippen LogP contribution in [0.3, 0.4) is 0 Å². The summed E-state index contributed by atoms with van der Waals surface area (Å²) in [6, 6.07) is 5.22. The fourth-order valence-corrected chi connectivity index (χ4v) is 4.15. The monoisotopic (exact) mass is 309 g/mol. The van der Waals surface area contributed by atoms with E-state index in [4.69, 9.17) is 0 Å². The molecule has 0 saturated heterocycles. The Morgan fingerprint density at radius 1 is 1.40 bits per heavy atom. The summed E-state index contributed by atoms with van der Waals surface area (Å²) < 4.78 is 27.2. The molecule has 2 aromatic rings. The predicted octanol–water partition coefficient (Wildman–Crippen LogP) is 2.61. The van der Waals surface area contributed by atoms with Gasteiger partial charge in [-0.1, -0.05) is 6.07 Å². The van der Waals surface area contributed by atoms with Crippen molar-refractivity contribution in [1.29, 1.82) is 0 Å². The van der Waals surface area contributed by atoms with E-state index in [1.54, 1.807) is 12.1 Å². The summed E-state index contributed by atoms with van der Waals surface area (Å²) in [5.74, 6) is 0. The Hall–Kier alpha value is -1.60. The van der Waals surface area contributed by atoms with Crippen LogP contribution in [-0.4, -0.2) is 19.9 Å². The molecular formula is C13H15N3O2S2. The number of hydrogen-bond donors (Lipinski definition) is 2. The molecule has 1 aliphatic heterocycles. The zero-order valence-electron chi connectivity index (χ0n) is 11.0. The van der Waals surface area contributed by atoms with E-state index in [-0.39, 0.29) is 4.90 Å². The van der Waals surface area contributed by atoms with Crippen molar-refractivity contribution in [3.05, 3.63) is 34.8 Å². The SMILES string of the molecule is Cc1csc(NS(=O)(=O)c2ccc3c(c2)NCCC3)n1. The van der Waals surface area contributed by atoms with Crippen molar-refractivity contribution in [3.8, 4) is 0 Å². The fourth-order valence-electron chi connectivity index (χ4n) is 2.18. The highest BCUT2D eigenvalue weighted by Gasteiger charge is 2.18. The average molecular weight is 309 g/mol. The van der Waals surface area contributed by atoms with Gasteiger partial charge >= 0.3 is 0 Å². The lowest BCUT2D eigenvalue weighted by Crippen LogP contribution is -2.16. The number of aryl methyl sites for hydroxylation is 2. The highest BCUT2D eigenvalue weighted by atomic mass is 32.2. The number of hydrogen-bond acceptors (Lipinski definition) is 5. The molecule has 0 bridgehead atoms. The molecule has 0 amide bonds. The van der Waals surface area contributed by atoms with E-state index in [2.05, 4.69) is 15.0 Å². The number of anilines is 2. The van der Waals surface area contributed by atoms with Gasteiger partial charge in [-0.2, -0.15) is 0 Å². The van der Waals surface area contributed by atoms with Crippen LogP contribution >= 0.6 is 11.3 Å². The number of nitrogens with zero attached hydrogens (tertiary/aromatic N) is 1. The third kappa shape index (κ3) is 2.64. The zero-order chi connectivity index (χ0) is 14.2. The summed E-state index contributed by atoms with van der Waals surface area (Å²) in [4.78, 5) is 4.38. The van der Waals surface area contributed by atoms with Crippen molar-refractivity contribution in [2.45, 2.75) is 24.7 Å². The number of fused-ring (bicyclic) bond motifs is 1. The summed E-state index contributed by atoms with van der Waals surface area (Å²) in [5.41, 5.74) is 2.88. The second-order valence-corrected chi connectivity index (χ2v) is 7.29. The molecule has 0 aliphatic carbocycles. The van der Waals surface area contributed by atoms with E-state index < -0.39 is 10.0 Å². The molecule has 106 valence electrons. The maximum atomic E-state index is 12.3. The van der Waals surface area contributed by atoms with E-state index >= 15 is 0 Å². The standard InChI is InChI=1S/C13H15N3O2S2/c1-9-8-19-13(15-9)16-20(17,18)11-5-4-10-3-2-6-14-12(10)7-11/h4-5,7-8,14H,2-3,6H2,1H3,(H,15,16). The van der Waals surface area contributed by atoms with E-state index in [0.29, 0.717) is 5.13 Å². The molecule has 0 radical (unpaired) electrons. The molecule has 1 aromatic carbocycles. The maximum absolute atomic E-state index is 12.3. The molecule has 20 heavy (non-hydrogen) atoms. The molecule has 2 heterocycles. The van der Waals surface area contributed by atoms with Crippen molar-refractivity contribution in [2.75, 3.05) is 16.6 Å². The van der Waals surface area contributed by atoms with Crippen molar-refractivity contribution in [1.82, 2.24) is 4.98 Å². The number of benzene rings is 1. The van der Waals surface area contributed by atoms with E-state index in [1.807, 2.05) is 18.4 Å². The van der Waals surface area contributed by atoms with Crippen molar-refractivity contribution in [2.24, 2.45) is 0 Å². The summed E-state index contributed by atoms with van der Waals surface area (Å²) in [7, 11) is -3.58. The Bertz CT molecular complexity index is 738. The first-order chi connectivity index (χ1) is 9.54. The lowest BCUT2D eigenvalue weighted by atomic mass is 10.0. The summed E-state index contributed by atoms with van der Waals surface area (Å²) >= 11 is 1.28. The van der Waals surface area contributed by atoms with Crippen molar-refractivity contribution < 1.29 is 8.42 Å². The summed E-state index contributed by atoms with van der Waals surface area (Å²) in [6.45, 7) is 2.71. The Kier molecular flexibility index (Phi) is 3.39. The topological polar surface area (TPSA) is 71.1 Å². The highest BCUT2D eigenvalue weighted by Crippen LogP contribution is 2.26. The van der Waals surface area contributed by atoms with Crippen LogP contribution in [0.1, 0.15) is 17.7 Å². The molecule has 1 aromatic heterocycles. The van der Waals surface area contributed by atoms with Crippen LogP contribution in [0.15, 0.2) is 28.5 Å². The Labute approximate surface area is 122 Å². The zero-order valence-corrected chi connectivity index (χ0v) is 12.6. The lowest BCUT2D eigenvalue weighted by molar-refractivity contribution is 0.601. The number of thiazole rings is 1. The van der Waals surface area contributed by atoms with E-state index in [1.165, 1.54) is 16.9 Å². The van der Waals surface area contributed by atoms with Crippen molar-refractivity contribution in [3.63, 3.8) is 0 Å². The van der Waals surface area contributed by atoms with Crippen LogP contribution in [0.25, 0.3) is 0 Å². The molecule has 7 heteroatoms. The van der Waals surface area contributed by atoms with Gasteiger partial charge in [0.25, 0.3) is 10.0 Å². The molecular weight excluding hydrogens is 294 g/mol. The molecule has 3 rings (SSSR count). The molecule has 5 nitrogen and oxygen atoms in total. The average Bonchev–Trinajstić information content (AvgIpc) is 2.83. The Balaban J connectivity index is 1.91. The molecule has 0 saturated carbocycles. The molecule has 1 aliphatic rings.